The number of aromatic carboxylic acids is 1. The Labute approximate surface area is 116 Å². The summed E-state index contributed by atoms with van der Waals surface area (Å²) in [5, 5.41) is 15.7. The number of hydrogen-bond donors (Lipinski definition) is 2. The molecule has 0 saturated heterocycles. The maximum Gasteiger partial charge on any atom is 0.357 e. The molecule has 0 saturated carbocycles. The van der Waals surface area contributed by atoms with Gasteiger partial charge in [-0.05, 0) is 31.5 Å². The van der Waals surface area contributed by atoms with E-state index >= 15 is 0 Å². The van der Waals surface area contributed by atoms with E-state index in [1.165, 1.54) is 0 Å². The number of nitrogens with zero attached hydrogens (tertiary/aromatic N) is 1. The molecule has 0 aliphatic carbocycles. The fourth-order valence-corrected chi connectivity index (χ4v) is 2.16. The molecule has 0 unspecified atom stereocenters. The average molecular weight is 276 g/mol. The molecule has 2 rings (SSSR count). The molecule has 6 nitrogen and oxygen atoms in total. The fraction of sp³-hybridized carbons (Fsp3) is 0.286. The van der Waals surface area contributed by atoms with Crippen molar-refractivity contribution < 1.29 is 19.4 Å². The first-order valence-electron chi connectivity index (χ1n) is 6.00. The van der Waals surface area contributed by atoms with Crippen LogP contribution in [0, 0.1) is 13.8 Å². The van der Waals surface area contributed by atoms with Crippen molar-refractivity contribution in [1.82, 2.24) is 10.2 Å². The van der Waals surface area contributed by atoms with Crippen LogP contribution in [0.3, 0.4) is 0 Å². The molecular formula is C14H16N2O4. The van der Waals surface area contributed by atoms with Gasteiger partial charge in [-0.3, -0.25) is 5.10 Å². The van der Waals surface area contributed by atoms with E-state index < -0.39 is 5.97 Å². The third-order valence-electron chi connectivity index (χ3n) is 3.14. The van der Waals surface area contributed by atoms with Gasteiger partial charge in [0.15, 0.2) is 5.69 Å². The van der Waals surface area contributed by atoms with Gasteiger partial charge in [0, 0.05) is 16.8 Å². The fourth-order valence-electron chi connectivity index (χ4n) is 2.16. The number of hydrogen-bond acceptors (Lipinski definition) is 4. The molecule has 0 atom stereocenters. The van der Waals surface area contributed by atoms with E-state index in [2.05, 4.69) is 10.2 Å². The van der Waals surface area contributed by atoms with Gasteiger partial charge >= 0.3 is 5.97 Å². The summed E-state index contributed by atoms with van der Waals surface area (Å²) in [6.45, 7) is 3.66. The van der Waals surface area contributed by atoms with Gasteiger partial charge < -0.3 is 14.6 Å². The Balaban J connectivity index is 2.74. The van der Waals surface area contributed by atoms with Crippen molar-refractivity contribution in [2.75, 3.05) is 14.2 Å². The van der Waals surface area contributed by atoms with Crippen molar-refractivity contribution in [3.05, 3.63) is 29.1 Å². The summed E-state index contributed by atoms with van der Waals surface area (Å²) in [7, 11) is 3.11. The molecule has 20 heavy (non-hydrogen) atoms. The summed E-state index contributed by atoms with van der Waals surface area (Å²) < 4.78 is 10.6. The summed E-state index contributed by atoms with van der Waals surface area (Å²) >= 11 is 0. The molecule has 0 fully saturated rings. The van der Waals surface area contributed by atoms with Crippen molar-refractivity contribution in [3.63, 3.8) is 0 Å². The highest BCUT2D eigenvalue weighted by atomic mass is 16.5. The molecule has 6 heteroatoms. The predicted octanol–water partition coefficient (Wildman–Crippen LogP) is 2.41. The first-order valence-corrected chi connectivity index (χ1v) is 6.00. The molecule has 1 aromatic heterocycles. The van der Waals surface area contributed by atoms with Crippen molar-refractivity contribution in [2.45, 2.75) is 13.8 Å². The van der Waals surface area contributed by atoms with Gasteiger partial charge in [0.2, 0.25) is 0 Å². The van der Waals surface area contributed by atoms with Gasteiger partial charge in [0.1, 0.15) is 11.5 Å². The highest BCUT2D eigenvalue weighted by molar-refractivity contribution is 5.96. The Bertz CT molecular complexity index is 661. The maximum atomic E-state index is 11.3. The summed E-state index contributed by atoms with van der Waals surface area (Å²) in [4.78, 5) is 11.3. The molecule has 0 bridgehead atoms. The van der Waals surface area contributed by atoms with Gasteiger partial charge in [-0.25, -0.2) is 4.79 Å². The minimum absolute atomic E-state index is 0.0355. The summed E-state index contributed by atoms with van der Waals surface area (Å²) in [5.41, 5.74) is 2.68. The number of aromatic amines is 1. The molecule has 1 heterocycles. The molecular weight excluding hydrogens is 260 g/mol. The van der Waals surface area contributed by atoms with Crippen LogP contribution >= 0.6 is 0 Å². The maximum absolute atomic E-state index is 11.3. The second-order valence-corrected chi connectivity index (χ2v) is 4.40. The van der Waals surface area contributed by atoms with Crippen LogP contribution < -0.4 is 9.47 Å². The van der Waals surface area contributed by atoms with E-state index in [4.69, 9.17) is 9.47 Å². The lowest BCUT2D eigenvalue weighted by Gasteiger charge is -2.13. The van der Waals surface area contributed by atoms with E-state index in [1.54, 1.807) is 27.2 Å². The first-order chi connectivity index (χ1) is 9.49. The molecule has 0 aliphatic heterocycles. The van der Waals surface area contributed by atoms with E-state index in [0.29, 0.717) is 28.3 Å². The summed E-state index contributed by atoms with van der Waals surface area (Å²) in [6, 6.07) is 3.57. The van der Waals surface area contributed by atoms with E-state index in [1.807, 2.05) is 13.0 Å². The summed E-state index contributed by atoms with van der Waals surface area (Å²) in [6.07, 6.45) is 0. The van der Waals surface area contributed by atoms with Crippen LogP contribution in [0.2, 0.25) is 0 Å². The number of rotatable bonds is 4. The zero-order chi connectivity index (χ0) is 14.9. The minimum atomic E-state index is -1.09. The number of carboxylic acids is 1. The topological polar surface area (TPSA) is 84.4 Å². The highest BCUT2D eigenvalue weighted by Gasteiger charge is 2.22. The largest absolute Gasteiger partial charge is 0.496 e. The molecule has 0 spiro atoms. The lowest BCUT2D eigenvalue weighted by Crippen LogP contribution is -2.01. The van der Waals surface area contributed by atoms with Crippen LogP contribution in [0.1, 0.15) is 21.7 Å². The van der Waals surface area contributed by atoms with Crippen molar-refractivity contribution in [2.24, 2.45) is 0 Å². The Morgan fingerprint density at radius 2 is 1.85 bits per heavy atom. The van der Waals surface area contributed by atoms with Crippen LogP contribution in [0.25, 0.3) is 11.1 Å². The Hall–Kier alpha value is -2.50. The van der Waals surface area contributed by atoms with Crippen LogP contribution in [0.5, 0.6) is 11.5 Å². The second kappa shape index (κ2) is 5.24. The number of ether oxygens (including phenoxy) is 2. The molecule has 0 radical (unpaired) electrons. The van der Waals surface area contributed by atoms with Crippen molar-refractivity contribution in [1.29, 1.82) is 0 Å². The monoisotopic (exact) mass is 276 g/mol. The standard InChI is InChI=1S/C14H16N2O4/c1-7-5-11(20-4)9(6-10(7)19-3)12-8(2)15-16-13(12)14(17)18/h5-6H,1-4H3,(H,15,16)(H,17,18). The van der Waals surface area contributed by atoms with Crippen LogP contribution in [0.15, 0.2) is 12.1 Å². The van der Waals surface area contributed by atoms with Crippen LogP contribution in [-0.4, -0.2) is 35.5 Å². The Morgan fingerprint density at radius 3 is 2.40 bits per heavy atom. The van der Waals surface area contributed by atoms with E-state index in [9.17, 15) is 9.90 Å². The van der Waals surface area contributed by atoms with Gasteiger partial charge in [0.25, 0.3) is 0 Å². The number of nitrogens with one attached hydrogen (secondary N) is 1. The Morgan fingerprint density at radius 1 is 1.20 bits per heavy atom. The lowest BCUT2D eigenvalue weighted by atomic mass is 10.00. The summed E-state index contributed by atoms with van der Waals surface area (Å²) in [5.74, 6) is 0.152. The average Bonchev–Trinajstić information content (AvgIpc) is 2.80. The van der Waals surface area contributed by atoms with Crippen LogP contribution in [-0.2, 0) is 0 Å². The number of aryl methyl sites for hydroxylation is 2. The van der Waals surface area contributed by atoms with E-state index in [-0.39, 0.29) is 5.69 Å². The first kappa shape index (κ1) is 13.9. The lowest BCUT2D eigenvalue weighted by molar-refractivity contribution is 0.0691. The molecule has 106 valence electrons. The normalized spacial score (nSPS) is 10.4. The number of benzene rings is 1. The molecule has 2 aromatic rings. The van der Waals surface area contributed by atoms with E-state index in [0.717, 1.165) is 5.56 Å². The molecule has 1 aromatic carbocycles. The van der Waals surface area contributed by atoms with Gasteiger partial charge in [0.05, 0.1) is 14.2 Å². The number of carbonyl (C=O) groups is 1. The van der Waals surface area contributed by atoms with Crippen LogP contribution in [0.4, 0.5) is 0 Å². The third-order valence-corrected chi connectivity index (χ3v) is 3.14. The predicted molar refractivity (Wildman–Crippen MR) is 73.6 cm³/mol. The highest BCUT2D eigenvalue weighted by Crippen LogP contribution is 2.38. The number of aromatic nitrogens is 2. The zero-order valence-electron chi connectivity index (χ0n) is 11.8. The number of carboxylic acid groups (broad SMARTS) is 1. The SMILES string of the molecule is COc1cc(-c2c(C(=O)O)n[nH]c2C)c(OC)cc1C. The smallest absolute Gasteiger partial charge is 0.357 e. The number of methoxy groups -OCH3 is 2. The quantitative estimate of drug-likeness (QED) is 0.895. The minimum Gasteiger partial charge on any atom is -0.496 e. The zero-order valence-corrected chi connectivity index (χ0v) is 11.8. The third kappa shape index (κ3) is 2.20. The van der Waals surface area contributed by atoms with Crippen molar-refractivity contribution >= 4 is 5.97 Å². The molecule has 2 N–H and O–H groups in total. The van der Waals surface area contributed by atoms with Gasteiger partial charge in [-0.1, -0.05) is 0 Å². The molecule has 0 amide bonds. The second-order valence-electron chi connectivity index (χ2n) is 4.40. The number of H-pyrrole nitrogens is 1. The Kier molecular flexibility index (Phi) is 3.65. The van der Waals surface area contributed by atoms with Crippen molar-refractivity contribution in [3.8, 4) is 22.6 Å². The molecule has 0 aliphatic rings. The van der Waals surface area contributed by atoms with Gasteiger partial charge in [-0.15, -0.1) is 0 Å². The van der Waals surface area contributed by atoms with Gasteiger partial charge in [-0.2, -0.15) is 5.10 Å².